The number of halogens is 4. The van der Waals surface area contributed by atoms with Gasteiger partial charge in [0.05, 0.1) is 11.3 Å². The fourth-order valence-electron chi connectivity index (χ4n) is 1.63. The Labute approximate surface area is 134 Å². The van der Waals surface area contributed by atoms with E-state index >= 15 is 0 Å². The van der Waals surface area contributed by atoms with Crippen molar-refractivity contribution < 1.29 is 22.7 Å². The standard InChI is InChI=1S/C13H12ClF3N4O2/c1-7-4-10(19-21(7)12(22)20(2)3)23-11-9(14)5-8(6-18-11)13(15,16)17/h4-6H,1-3H3. The molecule has 0 saturated carbocycles. The molecular weight excluding hydrogens is 337 g/mol. The molecular formula is C13H12ClF3N4O2. The summed E-state index contributed by atoms with van der Waals surface area (Å²) < 4.78 is 44.0. The lowest BCUT2D eigenvalue weighted by Crippen LogP contribution is -2.28. The Bertz CT molecular complexity index is 743. The quantitative estimate of drug-likeness (QED) is 0.832. The minimum absolute atomic E-state index is 0.00754. The van der Waals surface area contributed by atoms with Crippen LogP contribution < -0.4 is 4.74 Å². The average Bonchev–Trinajstić information content (AvgIpc) is 2.79. The van der Waals surface area contributed by atoms with Gasteiger partial charge in [0.15, 0.2) is 0 Å². The van der Waals surface area contributed by atoms with Crippen LogP contribution >= 0.6 is 11.6 Å². The van der Waals surface area contributed by atoms with Crippen LogP contribution in [-0.4, -0.2) is 39.8 Å². The molecule has 0 atom stereocenters. The van der Waals surface area contributed by atoms with E-state index in [0.717, 1.165) is 4.68 Å². The molecule has 2 aromatic heterocycles. The van der Waals surface area contributed by atoms with Crippen LogP contribution in [0.1, 0.15) is 11.3 Å². The normalized spacial score (nSPS) is 11.4. The SMILES string of the molecule is Cc1cc(Oc2ncc(C(F)(F)F)cc2Cl)nn1C(=O)N(C)C. The predicted octanol–water partition coefficient (Wildman–Crippen LogP) is 3.58. The van der Waals surface area contributed by atoms with Gasteiger partial charge in [0.2, 0.25) is 11.8 Å². The molecule has 6 nitrogen and oxygen atoms in total. The molecule has 0 spiro atoms. The second-order valence-corrected chi connectivity index (χ2v) is 5.23. The summed E-state index contributed by atoms with van der Waals surface area (Å²) in [5.41, 5.74) is -0.499. The Morgan fingerprint density at radius 2 is 2.00 bits per heavy atom. The van der Waals surface area contributed by atoms with Crippen molar-refractivity contribution in [2.24, 2.45) is 0 Å². The Balaban J connectivity index is 2.27. The van der Waals surface area contributed by atoms with Crippen molar-refractivity contribution >= 4 is 17.6 Å². The monoisotopic (exact) mass is 348 g/mol. The van der Waals surface area contributed by atoms with Crippen LogP contribution in [0.5, 0.6) is 11.8 Å². The van der Waals surface area contributed by atoms with Gasteiger partial charge in [-0.25, -0.2) is 9.78 Å². The molecule has 0 bridgehead atoms. The van der Waals surface area contributed by atoms with E-state index in [1.54, 1.807) is 21.0 Å². The summed E-state index contributed by atoms with van der Waals surface area (Å²) >= 11 is 5.75. The summed E-state index contributed by atoms with van der Waals surface area (Å²) in [6.45, 7) is 1.63. The van der Waals surface area contributed by atoms with E-state index in [-0.39, 0.29) is 16.8 Å². The van der Waals surface area contributed by atoms with Gasteiger partial charge in [0.25, 0.3) is 0 Å². The number of amides is 1. The van der Waals surface area contributed by atoms with E-state index in [4.69, 9.17) is 16.3 Å². The molecule has 0 aromatic carbocycles. The van der Waals surface area contributed by atoms with E-state index < -0.39 is 17.8 Å². The third kappa shape index (κ3) is 3.73. The number of aryl methyl sites for hydroxylation is 1. The fourth-order valence-corrected chi connectivity index (χ4v) is 1.84. The zero-order valence-electron chi connectivity index (χ0n) is 12.3. The second-order valence-electron chi connectivity index (χ2n) is 4.82. The Morgan fingerprint density at radius 3 is 2.52 bits per heavy atom. The molecule has 1 amide bonds. The van der Waals surface area contributed by atoms with Gasteiger partial charge >= 0.3 is 12.2 Å². The van der Waals surface area contributed by atoms with Crippen molar-refractivity contribution in [3.05, 3.63) is 34.6 Å². The van der Waals surface area contributed by atoms with Gasteiger partial charge in [-0.15, -0.1) is 5.10 Å². The highest BCUT2D eigenvalue weighted by Gasteiger charge is 2.32. The highest BCUT2D eigenvalue weighted by Crippen LogP contribution is 2.34. The molecule has 2 heterocycles. The third-order valence-corrected chi connectivity index (χ3v) is 3.04. The molecule has 2 rings (SSSR count). The van der Waals surface area contributed by atoms with Crippen LogP contribution in [0.2, 0.25) is 5.02 Å². The number of carbonyl (C=O) groups excluding carboxylic acids is 1. The van der Waals surface area contributed by atoms with Crippen molar-refractivity contribution in [2.75, 3.05) is 14.1 Å². The van der Waals surface area contributed by atoms with Gasteiger partial charge in [0, 0.05) is 26.4 Å². The summed E-state index contributed by atoms with van der Waals surface area (Å²) in [6.07, 6.45) is -3.94. The molecule has 0 N–H and O–H groups in total. The maximum absolute atomic E-state index is 12.5. The zero-order chi connectivity index (χ0) is 17.4. The van der Waals surface area contributed by atoms with Gasteiger partial charge in [0.1, 0.15) is 5.02 Å². The molecule has 0 radical (unpaired) electrons. The number of hydrogen-bond donors (Lipinski definition) is 0. The summed E-state index contributed by atoms with van der Waals surface area (Å²) in [6, 6.07) is 1.75. The lowest BCUT2D eigenvalue weighted by atomic mass is 10.3. The number of rotatable bonds is 2. The van der Waals surface area contributed by atoms with E-state index in [9.17, 15) is 18.0 Å². The van der Waals surface area contributed by atoms with Crippen molar-refractivity contribution in [3.63, 3.8) is 0 Å². The van der Waals surface area contributed by atoms with Gasteiger partial charge in [-0.2, -0.15) is 17.9 Å². The molecule has 0 aliphatic rings. The number of hydrogen-bond acceptors (Lipinski definition) is 4. The van der Waals surface area contributed by atoms with Crippen molar-refractivity contribution in [1.29, 1.82) is 0 Å². The lowest BCUT2D eigenvalue weighted by Gasteiger charge is -2.10. The summed E-state index contributed by atoms with van der Waals surface area (Å²) in [4.78, 5) is 16.7. The van der Waals surface area contributed by atoms with E-state index in [1.165, 1.54) is 11.0 Å². The largest absolute Gasteiger partial charge is 0.417 e. The van der Waals surface area contributed by atoms with Crippen molar-refractivity contribution in [2.45, 2.75) is 13.1 Å². The predicted molar refractivity (Wildman–Crippen MR) is 75.8 cm³/mol. The maximum atomic E-state index is 12.5. The van der Waals surface area contributed by atoms with Gasteiger partial charge in [-0.3, -0.25) is 0 Å². The van der Waals surface area contributed by atoms with Crippen LogP contribution in [0.25, 0.3) is 0 Å². The molecule has 0 saturated heterocycles. The molecule has 124 valence electrons. The zero-order valence-corrected chi connectivity index (χ0v) is 13.1. The third-order valence-electron chi connectivity index (χ3n) is 2.76. The number of alkyl halides is 3. The van der Waals surface area contributed by atoms with E-state index in [1.807, 2.05) is 0 Å². The van der Waals surface area contributed by atoms with Gasteiger partial charge in [-0.1, -0.05) is 11.6 Å². The van der Waals surface area contributed by atoms with Gasteiger partial charge in [-0.05, 0) is 13.0 Å². The topological polar surface area (TPSA) is 60.3 Å². The molecule has 0 fully saturated rings. The average molecular weight is 349 g/mol. The van der Waals surface area contributed by atoms with Crippen LogP contribution in [0.4, 0.5) is 18.0 Å². The highest BCUT2D eigenvalue weighted by atomic mass is 35.5. The van der Waals surface area contributed by atoms with E-state index in [0.29, 0.717) is 18.0 Å². The molecule has 23 heavy (non-hydrogen) atoms. The first-order valence-corrected chi connectivity index (χ1v) is 6.66. The maximum Gasteiger partial charge on any atom is 0.417 e. The second kappa shape index (κ2) is 6.07. The first kappa shape index (κ1) is 17.1. The molecule has 2 aromatic rings. The van der Waals surface area contributed by atoms with Gasteiger partial charge < -0.3 is 9.64 Å². The molecule has 0 aliphatic heterocycles. The summed E-state index contributed by atoms with van der Waals surface area (Å²) in [5, 5.41) is 3.61. The first-order chi connectivity index (χ1) is 10.6. The lowest BCUT2D eigenvalue weighted by molar-refractivity contribution is -0.137. The van der Waals surface area contributed by atoms with Crippen LogP contribution in [-0.2, 0) is 6.18 Å². The van der Waals surface area contributed by atoms with Crippen molar-refractivity contribution in [3.8, 4) is 11.8 Å². The number of nitrogens with zero attached hydrogens (tertiary/aromatic N) is 4. The number of ether oxygens (including phenoxy) is 1. The number of aromatic nitrogens is 3. The Kier molecular flexibility index (Phi) is 4.51. The molecule has 0 aliphatic carbocycles. The minimum Gasteiger partial charge on any atom is -0.417 e. The first-order valence-electron chi connectivity index (χ1n) is 6.28. The smallest absolute Gasteiger partial charge is 0.417 e. The minimum atomic E-state index is -4.55. The number of carbonyl (C=O) groups is 1. The number of pyridine rings is 1. The summed E-state index contributed by atoms with van der Waals surface area (Å²) in [5.74, 6) is -0.242. The van der Waals surface area contributed by atoms with Crippen LogP contribution in [0.15, 0.2) is 18.3 Å². The fraction of sp³-hybridized carbons (Fsp3) is 0.308. The van der Waals surface area contributed by atoms with Crippen LogP contribution in [0.3, 0.4) is 0 Å². The molecule has 10 heteroatoms. The summed E-state index contributed by atoms with van der Waals surface area (Å²) in [7, 11) is 3.11. The Morgan fingerprint density at radius 1 is 1.35 bits per heavy atom. The van der Waals surface area contributed by atoms with E-state index in [2.05, 4.69) is 10.1 Å². The van der Waals surface area contributed by atoms with Crippen LogP contribution in [0, 0.1) is 6.92 Å². The van der Waals surface area contributed by atoms with Crippen molar-refractivity contribution in [1.82, 2.24) is 19.7 Å². The molecule has 0 unspecified atom stereocenters. The highest BCUT2D eigenvalue weighted by molar-refractivity contribution is 6.31. The Hall–Kier alpha value is -2.29.